The maximum atomic E-state index is 5.49. The highest BCUT2D eigenvalue weighted by Crippen LogP contribution is 2.31. The van der Waals surface area contributed by atoms with E-state index in [0.29, 0.717) is 0 Å². The van der Waals surface area contributed by atoms with E-state index in [1.165, 1.54) is 16.8 Å². The normalized spacial score (nSPS) is 16.0. The largest absolute Gasteiger partial charge is 0.378 e. The zero-order valence-electron chi connectivity index (χ0n) is 16.9. The summed E-state index contributed by atoms with van der Waals surface area (Å²) in [6.45, 7) is 14.9. The Hall–Kier alpha value is -1.87. The van der Waals surface area contributed by atoms with Crippen molar-refractivity contribution in [2.24, 2.45) is 0 Å². The SMILES string of the molecule is CC(C)(C)c1cc(CC(C)(C)c2cccc(N3CCOCC3)c2)ccn1. The van der Waals surface area contributed by atoms with Crippen LogP contribution in [-0.4, -0.2) is 31.3 Å². The van der Waals surface area contributed by atoms with Gasteiger partial charge in [-0.25, -0.2) is 0 Å². The predicted octanol–water partition coefficient (Wildman–Crippen LogP) is 4.74. The van der Waals surface area contributed by atoms with E-state index in [-0.39, 0.29) is 10.8 Å². The van der Waals surface area contributed by atoms with Crippen LogP contribution in [0.2, 0.25) is 0 Å². The molecule has 2 aromatic rings. The molecule has 0 spiro atoms. The van der Waals surface area contributed by atoms with Crippen LogP contribution in [0, 0.1) is 0 Å². The molecule has 1 aromatic heterocycles. The fraction of sp³-hybridized carbons (Fsp3) is 0.522. The topological polar surface area (TPSA) is 25.4 Å². The zero-order chi connectivity index (χ0) is 18.8. The number of hydrogen-bond acceptors (Lipinski definition) is 3. The molecule has 3 nitrogen and oxygen atoms in total. The second-order valence-corrected chi connectivity index (χ2v) is 9.01. The van der Waals surface area contributed by atoms with E-state index in [1.807, 2.05) is 6.20 Å². The van der Waals surface area contributed by atoms with Crippen molar-refractivity contribution in [3.63, 3.8) is 0 Å². The Bertz CT molecular complexity index is 740. The number of anilines is 1. The van der Waals surface area contributed by atoms with Crippen LogP contribution in [0.1, 0.15) is 51.4 Å². The molecule has 0 aliphatic carbocycles. The molecule has 1 fully saturated rings. The molecule has 1 aromatic carbocycles. The van der Waals surface area contributed by atoms with Gasteiger partial charge in [-0.1, -0.05) is 46.8 Å². The van der Waals surface area contributed by atoms with Gasteiger partial charge in [0.25, 0.3) is 0 Å². The van der Waals surface area contributed by atoms with Crippen LogP contribution >= 0.6 is 0 Å². The Kier molecular flexibility index (Phi) is 5.38. The molecular weight excluding hydrogens is 320 g/mol. The van der Waals surface area contributed by atoms with Gasteiger partial charge in [-0.2, -0.15) is 0 Å². The van der Waals surface area contributed by atoms with Gasteiger partial charge in [0.1, 0.15) is 0 Å². The summed E-state index contributed by atoms with van der Waals surface area (Å²) in [5, 5.41) is 0. The number of rotatable bonds is 4. The van der Waals surface area contributed by atoms with Crippen LogP contribution in [0.15, 0.2) is 42.6 Å². The first-order valence-electron chi connectivity index (χ1n) is 9.64. The summed E-state index contributed by atoms with van der Waals surface area (Å²) in [5.74, 6) is 0. The van der Waals surface area contributed by atoms with Crippen LogP contribution in [0.4, 0.5) is 5.69 Å². The maximum absolute atomic E-state index is 5.49. The highest BCUT2D eigenvalue weighted by molar-refractivity contribution is 5.50. The Morgan fingerprint density at radius 2 is 1.73 bits per heavy atom. The fourth-order valence-electron chi connectivity index (χ4n) is 3.55. The molecule has 0 saturated carbocycles. The van der Waals surface area contributed by atoms with Crippen molar-refractivity contribution in [1.29, 1.82) is 0 Å². The molecule has 2 heterocycles. The molecule has 26 heavy (non-hydrogen) atoms. The second kappa shape index (κ2) is 7.40. The van der Waals surface area contributed by atoms with Gasteiger partial charge in [-0.3, -0.25) is 4.98 Å². The van der Waals surface area contributed by atoms with Crippen molar-refractivity contribution in [3.05, 3.63) is 59.4 Å². The van der Waals surface area contributed by atoms with Crippen molar-refractivity contribution in [2.75, 3.05) is 31.2 Å². The molecule has 3 heteroatoms. The number of hydrogen-bond donors (Lipinski definition) is 0. The Morgan fingerprint density at radius 3 is 2.42 bits per heavy atom. The molecule has 1 saturated heterocycles. The van der Waals surface area contributed by atoms with Crippen LogP contribution in [0.3, 0.4) is 0 Å². The number of pyridine rings is 1. The number of aromatic nitrogens is 1. The van der Waals surface area contributed by atoms with E-state index in [2.05, 4.69) is 80.9 Å². The van der Waals surface area contributed by atoms with Gasteiger partial charge in [-0.15, -0.1) is 0 Å². The third kappa shape index (κ3) is 4.45. The average Bonchev–Trinajstić information content (AvgIpc) is 2.62. The van der Waals surface area contributed by atoms with Crippen LogP contribution in [-0.2, 0) is 22.0 Å². The third-order valence-electron chi connectivity index (χ3n) is 5.24. The lowest BCUT2D eigenvalue weighted by molar-refractivity contribution is 0.122. The first-order chi connectivity index (χ1) is 12.3. The Labute approximate surface area is 158 Å². The minimum atomic E-state index is 0.0683. The van der Waals surface area contributed by atoms with Crippen LogP contribution in [0.25, 0.3) is 0 Å². The van der Waals surface area contributed by atoms with Crippen molar-refractivity contribution in [2.45, 2.75) is 51.9 Å². The van der Waals surface area contributed by atoms with E-state index >= 15 is 0 Å². The zero-order valence-corrected chi connectivity index (χ0v) is 16.9. The summed E-state index contributed by atoms with van der Waals surface area (Å²) in [6, 6.07) is 13.5. The first-order valence-corrected chi connectivity index (χ1v) is 9.64. The van der Waals surface area contributed by atoms with Gasteiger partial charge in [0.05, 0.1) is 13.2 Å². The summed E-state index contributed by atoms with van der Waals surface area (Å²) in [5.41, 5.74) is 5.36. The third-order valence-corrected chi connectivity index (χ3v) is 5.24. The molecule has 3 rings (SSSR count). The summed E-state index contributed by atoms with van der Waals surface area (Å²) in [7, 11) is 0. The monoisotopic (exact) mass is 352 g/mol. The summed E-state index contributed by atoms with van der Waals surface area (Å²) in [6.07, 6.45) is 2.96. The molecule has 0 bridgehead atoms. The van der Waals surface area contributed by atoms with Gasteiger partial charge in [0.15, 0.2) is 0 Å². The summed E-state index contributed by atoms with van der Waals surface area (Å²) < 4.78 is 5.49. The molecule has 140 valence electrons. The van der Waals surface area contributed by atoms with Gasteiger partial charge < -0.3 is 9.64 Å². The van der Waals surface area contributed by atoms with Gasteiger partial charge in [-0.05, 0) is 47.2 Å². The van der Waals surface area contributed by atoms with Gasteiger partial charge >= 0.3 is 0 Å². The van der Waals surface area contributed by atoms with E-state index in [9.17, 15) is 0 Å². The van der Waals surface area contributed by atoms with E-state index < -0.39 is 0 Å². The average molecular weight is 353 g/mol. The lowest BCUT2D eigenvalue weighted by Gasteiger charge is -2.31. The second-order valence-electron chi connectivity index (χ2n) is 9.01. The van der Waals surface area contributed by atoms with E-state index in [1.54, 1.807) is 0 Å². The van der Waals surface area contributed by atoms with E-state index in [4.69, 9.17) is 4.74 Å². The number of ether oxygens (including phenoxy) is 1. The number of nitrogens with zero attached hydrogens (tertiary/aromatic N) is 2. The standard InChI is InChI=1S/C23H32N2O/c1-22(2,3)21-15-18(9-10-24-21)17-23(4,5)19-7-6-8-20(16-19)25-11-13-26-14-12-25/h6-10,15-16H,11-14,17H2,1-5H3. The highest BCUT2D eigenvalue weighted by Gasteiger charge is 2.24. The summed E-state index contributed by atoms with van der Waals surface area (Å²) in [4.78, 5) is 6.99. The van der Waals surface area contributed by atoms with E-state index in [0.717, 1.165) is 38.4 Å². The summed E-state index contributed by atoms with van der Waals surface area (Å²) >= 11 is 0. The predicted molar refractivity (Wildman–Crippen MR) is 109 cm³/mol. The fourth-order valence-corrected chi connectivity index (χ4v) is 3.55. The molecule has 1 aliphatic heterocycles. The van der Waals surface area contributed by atoms with Gasteiger partial charge in [0.2, 0.25) is 0 Å². The Balaban J connectivity index is 1.82. The minimum Gasteiger partial charge on any atom is -0.378 e. The van der Waals surface area contributed by atoms with Crippen molar-refractivity contribution < 1.29 is 4.74 Å². The van der Waals surface area contributed by atoms with Crippen LogP contribution in [0.5, 0.6) is 0 Å². The molecule has 0 radical (unpaired) electrons. The van der Waals surface area contributed by atoms with Crippen LogP contribution < -0.4 is 4.90 Å². The quantitative estimate of drug-likeness (QED) is 0.795. The van der Waals surface area contributed by atoms with Crippen molar-refractivity contribution in [1.82, 2.24) is 4.98 Å². The lowest BCUT2D eigenvalue weighted by atomic mass is 9.78. The molecule has 1 aliphatic rings. The molecule has 0 atom stereocenters. The maximum Gasteiger partial charge on any atom is 0.0642 e. The van der Waals surface area contributed by atoms with Crippen molar-refractivity contribution in [3.8, 4) is 0 Å². The molecule has 0 N–H and O–H groups in total. The molecule has 0 unspecified atom stereocenters. The lowest BCUT2D eigenvalue weighted by Crippen LogP contribution is -2.36. The smallest absolute Gasteiger partial charge is 0.0642 e. The minimum absolute atomic E-state index is 0.0683. The molecular formula is C23H32N2O. The van der Waals surface area contributed by atoms with Crippen molar-refractivity contribution >= 4 is 5.69 Å². The first kappa shape index (κ1) is 18.9. The number of morpholine rings is 1. The highest BCUT2D eigenvalue weighted by atomic mass is 16.5. The van der Waals surface area contributed by atoms with Gasteiger partial charge in [0, 0.05) is 36.1 Å². The molecule has 0 amide bonds. The number of benzene rings is 1. The Morgan fingerprint density at radius 1 is 1.00 bits per heavy atom.